The maximum atomic E-state index is 4.86. The second-order valence-electron chi connectivity index (χ2n) is 11.2. The number of rotatable bonds is 2. The smallest absolute Gasteiger partial charge is 0.150 e. The standard InChI is InChI=1S/C16H18N4.C15H15BrN4/c1-10-7-14-16(18-13-5-6-20(14)9-13)19-15(10)12-4-3-11(2)17-8-12;1-9-2-3-10(7-17-9)14-12(16)6-13-15(19-14)18-11-4-5-20(13)8-11/h3-4,7-8,13H,5-6,9H2,1-2H3,(H,18,19);2-3,6-7,11H,4-5,8H2,1H3,(H,18,19)/t13-;11-/m00/s1. The lowest BCUT2D eigenvalue weighted by atomic mass is 10.1. The molecule has 8 rings (SSSR count). The number of halogens is 1. The van der Waals surface area contributed by atoms with Crippen molar-refractivity contribution in [1.29, 1.82) is 0 Å². The van der Waals surface area contributed by atoms with Crippen molar-refractivity contribution in [2.75, 3.05) is 46.6 Å². The highest BCUT2D eigenvalue weighted by Crippen LogP contribution is 2.40. The molecule has 8 heterocycles. The lowest BCUT2D eigenvalue weighted by Crippen LogP contribution is -2.32. The van der Waals surface area contributed by atoms with Crippen LogP contribution in [0, 0.1) is 20.8 Å². The average Bonchev–Trinajstić information content (AvgIpc) is 3.54. The van der Waals surface area contributed by atoms with E-state index in [1.165, 1.54) is 29.8 Å². The number of aryl methyl sites for hydroxylation is 3. The fraction of sp³-hybridized carbons (Fsp3) is 0.355. The van der Waals surface area contributed by atoms with Gasteiger partial charge in [0.1, 0.15) is 0 Å². The summed E-state index contributed by atoms with van der Waals surface area (Å²) in [6.45, 7) is 10.6. The number of aromatic nitrogens is 4. The third-order valence-corrected chi connectivity index (χ3v) is 8.86. The summed E-state index contributed by atoms with van der Waals surface area (Å²) in [6, 6.07) is 13.8. The van der Waals surface area contributed by atoms with Crippen molar-refractivity contribution >= 4 is 38.9 Å². The van der Waals surface area contributed by atoms with Crippen molar-refractivity contribution in [2.45, 2.75) is 45.7 Å². The quantitative estimate of drug-likeness (QED) is 0.292. The van der Waals surface area contributed by atoms with Gasteiger partial charge in [0.2, 0.25) is 0 Å². The molecule has 0 saturated carbocycles. The predicted molar refractivity (Wildman–Crippen MR) is 165 cm³/mol. The van der Waals surface area contributed by atoms with Crippen LogP contribution in [0.5, 0.6) is 0 Å². The fourth-order valence-electron chi connectivity index (χ4n) is 6.06. The molecule has 0 radical (unpaired) electrons. The molecule has 4 aromatic heterocycles. The number of pyridine rings is 4. The molecule has 40 heavy (non-hydrogen) atoms. The molecule has 4 aliphatic heterocycles. The molecule has 9 heteroatoms. The van der Waals surface area contributed by atoms with Gasteiger partial charge in [0, 0.05) is 77.6 Å². The highest BCUT2D eigenvalue weighted by molar-refractivity contribution is 9.10. The summed E-state index contributed by atoms with van der Waals surface area (Å²) >= 11 is 3.66. The Morgan fingerprint density at radius 2 is 1.25 bits per heavy atom. The van der Waals surface area contributed by atoms with Gasteiger partial charge in [-0.1, -0.05) is 0 Å². The summed E-state index contributed by atoms with van der Waals surface area (Å²) in [5, 5.41) is 7.11. The molecule has 0 unspecified atom stereocenters. The van der Waals surface area contributed by atoms with Crippen LogP contribution in [0.3, 0.4) is 0 Å². The van der Waals surface area contributed by atoms with Crippen LogP contribution < -0.4 is 20.4 Å². The summed E-state index contributed by atoms with van der Waals surface area (Å²) in [6.07, 6.45) is 6.19. The van der Waals surface area contributed by atoms with Crippen LogP contribution in [-0.2, 0) is 0 Å². The van der Waals surface area contributed by atoms with Crippen molar-refractivity contribution < 1.29 is 0 Å². The number of hydrogen-bond acceptors (Lipinski definition) is 8. The highest BCUT2D eigenvalue weighted by atomic mass is 79.9. The number of nitrogens with zero attached hydrogens (tertiary/aromatic N) is 6. The fourth-order valence-corrected chi connectivity index (χ4v) is 6.60. The first-order valence-corrected chi connectivity index (χ1v) is 14.8. The zero-order valence-electron chi connectivity index (χ0n) is 23.1. The predicted octanol–water partition coefficient (Wildman–Crippen LogP) is 5.98. The van der Waals surface area contributed by atoms with Gasteiger partial charge in [0.25, 0.3) is 0 Å². The summed E-state index contributed by atoms with van der Waals surface area (Å²) in [4.78, 5) is 23.3. The third-order valence-electron chi connectivity index (χ3n) is 8.26. The van der Waals surface area contributed by atoms with Gasteiger partial charge in [-0.2, -0.15) is 0 Å². The molecule has 0 aliphatic carbocycles. The van der Waals surface area contributed by atoms with Crippen molar-refractivity contribution in [3.8, 4) is 22.5 Å². The SMILES string of the molecule is Cc1ccc(-c2nc3c(cc2Br)N2CC[C@@H](C2)N3)cn1.Cc1ccc(-c2nc3c(cc2C)N2CC[C@@H](C2)N3)cn1. The second kappa shape index (κ2) is 10.0. The monoisotopic (exact) mass is 596 g/mol. The lowest BCUT2D eigenvalue weighted by molar-refractivity contribution is 0.788. The summed E-state index contributed by atoms with van der Waals surface area (Å²) in [5.41, 5.74) is 9.83. The first-order valence-electron chi connectivity index (χ1n) is 14.0. The minimum atomic E-state index is 0.542. The third kappa shape index (κ3) is 4.66. The zero-order chi connectivity index (χ0) is 27.4. The minimum Gasteiger partial charge on any atom is -0.366 e. The minimum absolute atomic E-state index is 0.542. The number of hydrogen-bond donors (Lipinski definition) is 2. The Kier molecular flexibility index (Phi) is 6.34. The molecule has 0 amide bonds. The first kappa shape index (κ1) is 25.3. The molecular formula is C31H33BrN8. The Labute approximate surface area is 243 Å². The molecule has 4 aliphatic rings. The summed E-state index contributed by atoms with van der Waals surface area (Å²) in [7, 11) is 0. The van der Waals surface area contributed by atoms with Crippen LogP contribution >= 0.6 is 15.9 Å². The molecule has 2 N–H and O–H groups in total. The van der Waals surface area contributed by atoms with E-state index in [1.54, 1.807) is 0 Å². The van der Waals surface area contributed by atoms with Gasteiger partial charge in [-0.05, 0) is 91.5 Å². The van der Waals surface area contributed by atoms with E-state index in [-0.39, 0.29) is 0 Å². The summed E-state index contributed by atoms with van der Waals surface area (Å²) < 4.78 is 1.02. The van der Waals surface area contributed by atoms with Gasteiger partial charge in [-0.15, -0.1) is 0 Å². The van der Waals surface area contributed by atoms with Crippen molar-refractivity contribution in [1.82, 2.24) is 19.9 Å². The van der Waals surface area contributed by atoms with Gasteiger partial charge in [0.05, 0.1) is 22.8 Å². The van der Waals surface area contributed by atoms with Crippen LogP contribution in [0.1, 0.15) is 29.8 Å². The van der Waals surface area contributed by atoms with Crippen molar-refractivity contribution in [3.05, 3.63) is 70.2 Å². The molecule has 8 nitrogen and oxygen atoms in total. The molecule has 2 atom stereocenters. The number of nitrogens with one attached hydrogen (secondary N) is 2. The van der Waals surface area contributed by atoms with E-state index >= 15 is 0 Å². The summed E-state index contributed by atoms with van der Waals surface area (Å²) in [5.74, 6) is 2.03. The largest absolute Gasteiger partial charge is 0.366 e. The van der Waals surface area contributed by atoms with Crippen LogP contribution in [0.15, 0.2) is 53.3 Å². The highest BCUT2D eigenvalue weighted by Gasteiger charge is 2.32. The van der Waals surface area contributed by atoms with Gasteiger partial charge in [0.15, 0.2) is 11.6 Å². The Morgan fingerprint density at radius 3 is 1.80 bits per heavy atom. The molecule has 4 aromatic rings. The van der Waals surface area contributed by atoms with E-state index in [9.17, 15) is 0 Å². The van der Waals surface area contributed by atoms with Crippen LogP contribution in [-0.4, -0.2) is 58.2 Å². The molecule has 4 bridgehead atoms. The van der Waals surface area contributed by atoms with Crippen molar-refractivity contribution in [2.24, 2.45) is 0 Å². The van der Waals surface area contributed by atoms with E-state index < -0.39 is 0 Å². The molecule has 2 fully saturated rings. The Balaban J connectivity index is 0.000000132. The van der Waals surface area contributed by atoms with E-state index in [1.807, 2.05) is 38.4 Å². The Hall–Kier alpha value is -3.72. The molecule has 0 aromatic carbocycles. The zero-order valence-corrected chi connectivity index (χ0v) is 24.7. The molecule has 2 saturated heterocycles. The average molecular weight is 598 g/mol. The number of anilines is 4. The van der Waals surface area contributed by atoms with Gasteiger partial charge in [-0.25, -0.2) is 9.97 Å². The van der Waals surface area contributed by atoms with Gasteiger partial charge < -0.3 is 20.4 Å². The molecule has 0 spiro atoms. The van der Waals surface area contributed by atoms with Crippen molar-refractivity contribution in [3.63, 3.8) is 0 Å². The van der Waals surface area contributed by atoms with Crippen LogP contribution in [0.25, 0.3) is 22.5 Å². The maximum Gasteiger partial charge on any atom is 0.150 e. The van der Waals surface area contributed by atoms with Gasteiger partial charge >= 0.3 is 0 Å². The molecular weight excluding hydrogens is 564 g/mol. The first-order chi connectivity index (χ1) is 19.4. The lowest BCUT2D eigenvalue weighted by Gasteiger charge is -2.28. The van der Waals surface area contributed by atoms with E-state index in [4.69, 9.17) is 9.97 Å². The topological polar surface area (TPSA) is 82.1 Å². The van der Waals surface area contributed by atoms with Gasteiger partial charge in [-0.3, -0.25) is 9.97 Å². The van der Waals surface area contributed by atoms with Crippen LogP contribution in [0.4, 0.5) is 23.0 Å². The number of fused-ring (bicyclic) bond motifs is 8. The molecule has 204 valence electrons. The van der Waals surface area contributed by atoms with Crippen LogP contribution in [0.2, 0.25) is 0 Å². The normalized spacial score (nSPS) is 19.7. The van der Waals surface area contributed by atoms with E-state index in [0.717, 1.165) is 76.2 Å². The van der Waals surface area contributed by atoms with E-state index in [2.05, 4.69) is 77.5 Å². The van der Waals surface area contributed by atoms with E-state index in [0.29, 0.717) is 12.1 Å². The Bertz CT molecular complexity index is 1450. The maximum absolute atomic E-state index is 4.86. The Morgan fingerprint density at radius 1 is 0.725 bits per heavy atom. The second-order valence-corrected chi connectivity index (χ2v) is 12.1.